The first-order valence-electron chi connectivity index (χ1n) is 5.98. The molecule has 0 bridgehead atoms. The van der Waals surface area contributed by atoms with Gasteiger partial charge in [-0.05, 0) is 19.8 Å². The number of carboxylic acid groups (broad SMARTS) is 1. The van der Waals surface area contributed by atoms with Gasteiger partial charge in [0.05, 0.1) is 6.10 Å². The maximum absolute atomic E-state index is 11.8. The van der Waals surface area contributed by atoms with Crippen molar-refractivity contribution < 1.29 is 19.8 Å². The highest BCUT2D eigenvalue weighted by molar-refractivity contribution is 5.83. The fraction of sp³-hybridized carbons (Fsp3) is 0.818. The van der Waals surface area contributed by atoms with Gasteiger partial charge in [0.25, 0.3) is 0 Å². The number of likely N-dealkylation sites (tertiary alicyclic amines) is 1. The summed E-state index contributed by atoms with van der Waals surface area (Å²) in [4.78, 5) is 24.3. The average Bonchev–Trinajstić information content (AvgIpc) is 2.52. The van der Waals surface area contributed by atoms with Crippen molar-refractivity contribution in [3.8, 4) is 0 Å². The first-order chi connectivity index (χ1) is 8.02. The van der Waals surface area contributed by atoms with E-state index in [0.717, 1.165) is 25.7 Å². The molecule has 1 aliphatic heterocycles. The molecule has 0 aromatic heterocycles. The van der Waals surface area contributed by atoms with Gasteiger partial charge < -0.3 is 20.4 Å². The van der Waals surface area contributed by atoms with Crippen molar-refractivity contribution in [3.05, 3.63) is 0 Å². The number of carboxylic acids is 1. The van der Waals surface area contributed by atoms with Crippen LogP contribution in [0.15, 0.2) is 0 Å². The third-order valence-corrected chi connectivity index (χ3v) is 2.92. The molecule has 2 atom stereocenters. The monoisotopic (exact) mass is 244 g/mol. The summed E-state index contributed by atoms with van der Waals surface area (Å²) in [5.74, 6) is -1.22. The minimum atomic E-state index is -1.24. The lowest BCUT2D eigenvalue weighted by Gasteiger charge is -2.24. The Labute approximate surface area is 101 Å². The van der Waals surface area contributed by atoms with Crippen molar-refractivity contribution in [3.63, 3.8) is 0 Å². The molecule has 1 aliphatic rings. The van der Waals surface area contributed by atoms with E-state index in [4.69, 9.17) is 5.11 Å². The maximum Gasteiger partial charge on any atom is 0.328 e. The Hall–Kier alpha value is -1.30. The van der Waals surface area contributed by atoms with E-state index in [1.165, 1.54) is 6.92 Å². The molecule has 1 saturated heterocycles. The van der Waals surface area contributed by atoms with Gasteiger partial charge in [-0.15, -0.1) is 0 Å². The van der Waals surface area contributed by atoms with Gasteiger partial charge in [-0.3, -0.25) is 0 Å². The molecule has 0 aromatic carbocycles. The number of rotatable bonds is 3. The molecule has 1 heterocycles. The molecule has 6 nitrogen and oxygen atoms in total. The number of aliphatic hydroxyl groups excluding tert-OH is 1. The Morgan fingerprint density at radius 2 is 1.71 bits per heavy atom. The number of carbonyl (C=O) groups is 2. The SMILES string of the molecule is CC(O)C(NC(=O)N1CCCCCC1)C(=O)O. The molecule has 2 unspecified atom stereocenters. The molecular formula is C11H20N2O4. The van der Waals surface area contributed by atoms with Crippen LogP contribution in [0.1, 0.15) is 32.6 Å². The summed E-state index contributed by atoms with van der Waals surface area (Å²) in [6, 6.07) is -1.65. The molecule has 2 amide bonds. The van der Waals surface area contributed by atoms with Gasteiger partial charge >= 0.3 is 12.0 Å². The van der Waals surface area contributed by atoms with Crippen LogP contribution in [0.3, 0.4) is 0 Å². The standard InChI is InChI=1S/C11H20N2O4/c1-8(14)9(10(15)16)12-11(17)13-6-4-2-3-5-7-13/h8-9,14H,2-7H2,1H3,(H,12,17)(H,15,16). The van der Waals surface area contributed by atoms with Crippen molar-refractivity contribution >= 4 is 12.0 Å². The van der Waals surface area contributed by atoms with Crippen molar-refractivity contribution in [1.82, 2.24) is 10.2 Å². The van der Waals surface area contributed by atoms with Gasteiger partial charge in [-0.25, -0.2) is 9.59 Å². The highest BCUT2D eigenvalue weighted by atomic mass is 16.4. The van der Waals surface area contributed by atoms with E-state index in [1.54, 1.807) is 4.90 Å². The fourth-order valence-electron chi connectivity index (χ4n) is 1.89. The molecule has 0 spiro atoms. The van der Waals surface area contributed by atoms with Crippen LogP contribution in [0.25, 0.3) is 0 Å². The van der Waals surface area contributed by atoms with Crippen LogP contribution in [0, 0.1) is 0 Å². The number of nitrogens with zero attached hydrogens (tertiary/aromatic N) is 1. The Balaban J connectivity index is 2.53. The van der Waals surface area contributed by atoms with Crippen LogP contribution in [0.2, 0.25) is 0 Å². The number of urea groups is 1. The van der Waals surface area contributed by atoms with E-state index < -0.39 is 24.1 Å². The van der Waals surface area contributed by atoms with Gasteiger partial charge in [0.2, 0.25) is 0 Å². The predicted octanol–water partition coefficient (Wildman–Crippen LogP) is 0.406. The summed E-state index contributed by atoms with van der Waals surface area (Å²) in [5.41, 5.74) is 0. The van der Waals surface area contributed by atoms with Gasteiger partial charge in [0.15, 0.2) is 6.04 Å². The summed E-state index contributed by atoms with van der Waals surface area (Å²) in [6.45, 7) is 2.65. The number of aliphatic carboxylic acids is 1. The highest BCUT2D eigenvalue weighted by Gasteiger charge is 2.27. The smallest absolute Gasteiger partial charge is 0.328 e. The second kappa shape index (κ2) is 6.44. The predicted molar refractivity (Wildman–Crippen MR) is 61.7 cm³/mol. The number of aliphatic hydroxyl groups is 1. The summed E-state index contributed by atoms with van der Waals surface area (Å²) >= 11 is 0. The lowest BCUT2D eigenvalue weighted by atomic mass is 10.2. The topological polar surface area (TPSA) is 89.9 Å². The molecule has 1 fully saturated rings. The molecular weight excluding hydrogens is 224 g/mol. The van der Waals surface area contributed by atoms with Crippen molar-refractivity contribution in [1.29, 1.82) is 0 Å². The van der Waals surface area contributed by atoms with Gasteiger partial charge in [-0.1, -0.05) is 12.8 Å². The van der Waals surface area contributed by atoms with Gasteiger partial charge in [0.1, 0.15) is 0 Å². The number of hydrogen-bond donors (Lipinski definition) is 3. The molecule has 17 heavy (non-hydrogen) atoms. The Bertz CT molecular complexity index is 273. The van der Waals surface area contributed by atoms with Crippen LogP contribution < -0.4 is 5.32 Å². The fourth-order valence-corrected chi connectivity index (χ4v) is 1.89. The lowest BCUT2D eigenvalue weighted by molar-refractivity contribution is -0.141. The summed E-state index contributed by atoms with van der Waals surface area (Å²) in [6.07, 6.45) is 2.98. The lowest BCUT2D eigenvalue weighted by Crippen LogP contribution is -2.52. The quantitative estimate of drug-likeness (QED) is 0.670. The van der Waals surface area contributed by atoms with E-state index in [9.17, 15) is 14.7 Å². The maximum atomic E-state index is 11.8. The molecule has 1 rings (SSSR count). The second-order valence-corrected chi connectivity index (χ2v) is 4.41. The van der Waals surface area contributed by atoms with E-state index >= 15 is 0 Å². The number of nitrogens with one attached hydrogen (secondary N) is 1. The summed E-state index contributed by atoms with van der Waals surface area (Å²) < 4.78 is 0. The summed E-state index contributed by atoms with van der Waals surface area (Å²) in [5, 5.41) is 20.5. The van der Waals surface area contributed by atoms with Crippen LogP contribution in [-0.4, -0.2) is 52.3 Å². The molecule has 3 N–H and O–H groups in total. The zero-order valence-corrected chi connectivity index (χ0v) is 10.1. The number of hydrogen-bond acceptors (Lipinski definition) is 3. The normalized spacial score (nSPS) is 20.2. The van der Waals surface area contributed by atoms with Gasteiger partial charge in [-0.2, -0.15) is 0 Å². The van der Waals surface area contributed by atoms with E-state index in [2.05, 4.69) is 5.32 Å². The van der Waals surface area contributed by atoms with E-state index in [1.807, 2.05) is 0 Å². The Kier molecular flexibility index (Phi) is 5.21. The average molecular weight is 244 g/mol. The third-order valence-electron chi connectivity index (χ3n) is 2.92. The van der Waals surface area contributed by atoms with E-state index in [-0.39, 0.29) is 0 Å². The van der Waals surface area contributed by atoms with Crippen LogP contribution in [0.5, 0.6) is 0 Å². The van der Waals surface area contributed by atoms with Crippen LogP contribution >= 0.6 is 0 Å². The Morgan fingerprint density at radius 3 is 2.12 bits per heavy atom. The zero-order chi connectivity index (χ0) is 12.8. The van der Waals surface area contributed by atoms with Crippen molar-refractivity contribution in [2.75, 3.05) is 13.1 Å². The molecule has 0 saturated carbocycles. The van der Waals surface area contributed by atoms with Crippen molar-refractivity contribution in [2.24, 2.45) is 0 Å². The molecule has 0 radical (unpaired) electrons. The number of carbonyl (C=O) groups excluding carboxylic acids is 1. The molecule has 0 aliphatic carbocycles. The van der Waals surface area contributed by atoms with Crippen molar-refractivity contribution in [2.45, 2.75) is 44.8 Å². The minimum Gasteiger partial charge on any atom is -0.480 e. The third kappa shape index (κ3) is 4.22. The zero-order valence-electron chi connectivity index (χ0n) is 10.1. The molecule has 0 aromatic rings. The van der Waals surface area contributed by atoms with Crippen LogP contribution in [0.4, 0.5) is 4.79 Å². The van der Waals surface area contributed by atoms with Crippen LogP contribution in [-0.2, 0) is 4.79 Å². The molecule has 98 valence electrons. The number of amides is 2. The first-order valence-corrected chi connectivity index (χ1v) is 5.98. The van der Waals surface area contributed by atoms with E-state index in [0.29, 0.717) is 13.1 Å². The van der Waals surface area contributed by atoms with Gasteiger partial charge in [0, 0.05) is 13.1 Å². The second-order valence-electron chi connectivity index (χ2n) is 4.41. The highest BCUT2D eigenvalue weighted by Crippen LogP contribution is 2.10. The largest absolute Gasteiger partial charge is 0.480 e. The first kappa shape index (κ1) is 13.8. The Morgan fingerprint density at radius 1 is 1.18 bits per heavy atom. The minimum absolute atomic E-state index is 0.403. The summed E-state index contributed by atoms with van der Waals surface area (Å²) in [7, 11) is 0. The molecule has 6 heteroatoms.